The topological polar surface area (TPSA) is 66.8 Å². The second-order valence-electron chi connectivity index (χ2n) is 4.40. The van der Waals surface area contributed by atoms with Crippen LogP contribution in [0.4, 0.5) is 0 Å². The highest BCUT2D eigenvalue weighted by Gasteiger charge is 2.15. The number of amides is 2. The van der Waals surface area contributed by atoms with Crippen LogP contribution in [0.3, 0.4) is 0 Å². The van der Waals surface area contributed by atoms with Crippen molar-refractivity contribution < 1.29 is 9.59 Å². The fourth-order valence-electron chi connectivity index (χ4n) is 1.18. The summed E-state index contributed by atoms with van der Waals surface area (Å²) in [6.07, 6.45) is 1.88. The first-order valence-corrected chi connectivity index (χ1v) is 5.53. The molecular formula is C10H18N2O3S. The van der Waals surface area contributed by atoms with E-state index in [1.54, 1.807) is 0 Å². The summed E-state index contributed by atoms with van der Waals surface area (Å²) >= 11 is 4.34. The van der Waals surface area contributed by atoms with Crippen LogP contribution >= 0.6 is 12.6 Å². The van der Waals surface area contributed by atoms with E-state index in [4.69, 9.17) is 0 Å². The van der Waals surface area contributed by atoms with Gasteiger partial charge in [-0.05, 0) is 12.8 Å². The summed E-state index contributed by atoms with van der Waals surface area (Å²) in [6, 6.07) is 0. The Morgan fingerprint density at radius 3 is 2.38 bits per heavy atom. The van der Waals surface area contributed by atoms with E-state index < -0.39 is 5.91 Å². The van der Waals surface area contributed by atoms with Gasteiger partial charge in [0.2, 0.25) is 5.91 Å². The zero-order chi connectivity index (χ0) is 12.8. The molecule has 0 aromatic heterocycles. The van der Waals surface area contributed by atoms with Gasteiger partial charge in [0.05, 0.1) is 0 Å². The third kappa shape index (κ3) is 7.39. The zero-order valence-corrected chi connectivity index (χ0v) is 10.8. The first kappa shape index (κ1) is 15.1. The highest BCUT2D eigenvalue weighted by Crippen LogP contribution is 2.20. The van der Waals surface area contributed by atoms with E-state index in [1.807, 2.05) is 13.8 Å². The quantitative estimate of drug-likeness (QED) is 0.572. The van der Waals surface area contributed by atoms with Gasteiger partial charge in [0.1, 0.15) is 6.54 Å². The Balaban J connectivity index is 3.88. The smallest absolute Gasteiger partial charge is 0.305 e. The first-order valence-electron chi connectivity index (χ1n) is 5.09. The number of likely N-dealkylation sites (N-methyl/N-ethyl adjacent to an activating group) is 1. The molecule has 0 fully saturated rings. The molecule has 6 heteroatoms. The molecule has 0 aliphatic rings. The minimum atomic E-state index is -0.828. The molecule has 0 rings (SSSR count). The van der Waals surface area contributed by atoms with E-state index in [-0.39, 0.29) is 17.2 Å². The van der Waals surface area contributed by atoms with Gasteiger partial charge in [-0.2, -0.15) is 12.6 Å². The van der Waals surface area contributed by atoms with Crippen LogP contribution < -0.4 is 0 Å². The maximum Gasteiger partial charge on any atom is 0.305 e. The Morgan fingerprint density at radius 1 is 1.38 bits per heavy atom. The van der Waals surface area contributed by atoms with Crippen molar-refractivity contribution in [1.29, 1.82) is 0 Å². The average molecular weight is 246 g/mol. The van der Waals surface area contributed by atoms with Crippen molar-refractivity contribution in [2.45, 2.75) is 37.9 Å². The van der Waals surface area contributed by atoms with E-state index in [1.165, 1.54) is 11.9 Å². The molecule has 92 valence electrons. The summed E-state index contributed by atoms with van der Waals surface area (Å²) in [4.78, 5) is 33.2. The summed E-state index contributed by atoms with van der Waals surface area (Å²) < 4.78 is -0.0982. The Morgan fingerprint density at radius 2 is 1.94 bits per heavy atom. The van der Waals surface area contributed by atoms with Gasteiger partial charge >= 0.3 is 5.91 Å². The highest BCUT2D eigenvalue weighted by atomic mass is 32.1. The third-order valence-electron chi connectivity index (χ3n) is 2.08. The molecule has 0 atom stereocenters. The summed E-state index contributed by atoms with van der Waals surface area (Å²) in [6.45, 7) is 3.71. The molecular weight excluding hydrogens is 228 g/mol. The maximum atomic E-state index is 11.5. The molecule has 0 N–H and O–H groups in total. The minimum absolute atomic E-state index is 0.0982. The van der Waals surface area contributed by atoms with Crippen LogP contribution in [0.15, 0.2) is 5.18 Å². The molecule has 0 bridgehead atoms. The standard InChI is InChI=1S/C10H18N2O3S/c1-10(2,16)6-4-5-9(14)12(3)7-8(13)11-15/h16H,4-7H2,1-3H3. The van der Waals surface area contributed by atoms with Crippen molar-refractivity contribution in [2.24, 2.45) is 5.18 Å². The Hall–Kier alpha value is -0.910. The Labute approximate surface area is 101 Å². The second-order valence-corrected chi connectivity index (χ2v) is 5.61. The summed E-state index contributed by atoms with van der Waals surface area (Å²) in [7, 11) is 1.48. The molecule has 2 amide bonds. The summed E-state index contributed by atoms with van der Waals surface area (Å²) in [5, 5.41) is 2.24. The van der Waals surface area contributed by atoms with E-state index in [0.29, 0.717) is 12.8 Å². The molecule has 0 spiro atoms. The number of nitroso groups, excluding NO2 is 1. The molecule has 0 aromatic rings. The highest BCUT2D eigenvalue weighted by molar-refractivity contribution is 7.81. The van der Waals surface area contributed by atoms with Gasteiger partial charge in [0.25, 0.3) is 0 Å². The fraction of sp³-hybridized carbons (Fsp3) is 0.800. The molecule has 5 nitrogen and oxygen atoms in total. The van der Waals surface area contributed by atoms with E-state index in [9.17, 15) is 14.5 Å². The molecule has 0 saturated carbocycles. The van der Waals surface area contributed by atoms with Crippen molar-refractivity contribution >= 4 is 24.4 Å². The van der Waals surface area contributed by atoms with E-state index >= 15 is 0 Å². The molecule has 16 heavy (non-hydrogen) atoms. The van der Waals surface area contributed by atoms with Crippen LogP contribution in [0.2, 0.25) is 0 Å². The maximum absolute atomic E-state index is 11.5. The minimum Gasteiger partial charge on any atom is -0.336 e. The van der Waals surface area contributed by atoms with Gasteiger partial charge in [-0.1, -0.05) is 13.8 Å². The Kier molecular flexibility index (Phi) is 6.25. The van der Waals surface area contributed by atoms with Crippen LogP contribution in [0, 0.1) is 4.91 Å². The van der Waals surface area contributed by atoms with Crippen LogP contribution in [0.25, 0.3) is 0 Å². The van der Waals surface area contributed by atoms with Gasteiger partial charge in [0.15, 0.2) is 0 Å². The average Bonchev–Trinajstić information content (AvgIpc) is 2.15. The van der Waals surface area contributed by atoms with Crippen molar-refractivity contribution in [3.63, 3.8) is 0 Å². The Bertz CT molecular complexity index is 274. The molecule has 0 aliphatic heterocycles. The van der Waals surface area contributed by atoms with Crippen molar-refractivity contribution in [2.75, 3.05) is 13.6 Å². The lowest BCUT2D eigenvalue weighted by Gasteiger charge is -2.18. The van der Waals surface area contributed by atoms with Crippen molar-refractivity contribution in [3.8, 4) is 0 Å². The lowest BCUT2D eigenvalue weighted by Crippen LogP contribution is -2.31. The van der Waals surface area contributed by atoms with Crippen LogP contribution in [-0.2, 0) is 9.59 Å². The van der Waals surface area contributed by atoms with E-state index in [0.717, 1.165) is 6.42 Å². The predicted octanol–water partition coefficient (Wildman–Crippen LogP) is 1.62. The van der Waals surface area contributed by atoms with Crippen molar-refractivity contribution in [1.82, 2.24) is 4.90 Å². The van der Waals surface area contributed by atoms with Crippen LogP contribution in [0.1, 0.15) is 33.1 Å². The van der Waals surface area contributed by atoms with Crippen molar-refractivity contribution in [3.05, 3.63) is 4.91 Å². The monoisotopic (exact) mass is 246 g/mol. The van der Waals surface area contributed by atoms with Gasteiger partial charge in [-0.25, -0.2) is 0 Å². The molecule has 0 heterocycles. The molecule has 0 unspecified atom stereocenters. The number of thiol groups is 1. The van der Waals surface area contributed by atoms with E-state index in [2.05, 4.69) is 17.8 Å². The number of hydrogen-bond donors (Lipinski definition) is 1. The number of carbonyl (C=O) groups is 2. The number of hydrogen-bond acceptors (Lipinski definition) is 4. The zero-order valence-electron chi connectivity index (χ0n) is 9.89. The SMILES string of the molecule is CN(CC(=O)N=O)C(=O)CCCC(C)(C)S. The van der Waals surface area contributed by atoms with Crippen LogP contribution in [-0.4, -0.2) is 35.1 Å². The summed E-state index contributed by atoms with van der Waals surface area (Å²) in [5.41, 5.74) is 0. The van der Waals surface area contributed by atoms with Crippen LogP contribution in [0.5, 0.6) is 0 Å². The fourth-order valence-corrected chi connectivity index (χ4v) is 1.34. The summed E-state index contributed by atoms with van der Waals surface area (Å²) in [5.74, 6) is -0.986. The third-order valence-corrected chi connectivity index (χ3v) is 2.30. The first-order chi connectivity index (χ1) is 7.26. The molecule has 0 saturated heterocycles. The number of rotatable bonds is 6. The van der Waals surface area contributed by atoms with Gasteiger partial charge in [-0.15, -0.1) is 4.91 Å². The lowest BCUT2D eigenvalue weighted by molar-refractivity contribution is -0.133. The number of nitrogens with zero attached hydrogens (tertiary/aromatic N) is 2. The van der Waals surface area contributed by atoms with Gasteiger partial charge < -0.3 is 4.90 Å². The predicted molar refractivity (Wildman–Crippen MR) is 65.4 cm³/mol. The molecule has 0 aliphatic carbocycles. The van der Waals surface area contributed by atoms with Gasteiger partial charge in [-0.3, -0.25) is 9.59 Å². The lowest BCUT2D eigenvalue weighted by atomic mass is 10.1. The number of carbonyl (C=O) groups excluding carboxylic acids is 2. The second kappa shape index (κ2) is 6.62. The molecule has 0 radical (unpaired) electrons. The van der Waals surface area contributed by atoms with Gasteiger partial charge in [0, 0.05) is 23.4 Å². The normalized spacial score (nSPS) is 11.0. The molecule has 0 aromatic carbocycles. The largest absolute Gasteiger partial charge is 0.336 e.